The van der Waals surface area contributed by atoms with Gasteiger partial charge in [0.05, 0.1) is 16.9 Å². The van der Waals surface area contributed by atoms with Crippen LogP contribution in [0.1, 0.15) is 39.0 Å². The number of aromatic amines is 1. The van der Waals surface area contributed by atoms with Crippen LogP contribution in [-0.2, 0) is 9.31 Å². The number of rotatable bonds is 2. The zero-order valence-electron chi connectivity index (χ0n) is 17.8. The highest BCUT2D eigenvalue weighted by Crippen LogP contribution is 2.36. The molecule has 1 N–H and O–H groups in total. The van der Waals surface area contributed by atoms with Gasteiger partial charge in [0.25, 0.3) is 0 Å². The SMILES string of the molecule is CN(C)c1ccc(C#Cc2cc3cc(B4OC(C)(C)C(C)(C)O4)cnc3[nH]2)cc1. The molecule has 0 aliphatic carbocycles. The number of fused-ring (bicyclic) bond motifs is 1. The Morgan fingerprint density at radius 2 is 1.62 bits per heavy atom. The number of nitrogens with zero attached hydrogens (tertiary/aromatic N) is 2. The van der Waals surface area contributed by atoms with Crippen LogP contribution in [0.5, 0.6) is 0 Å². The molecule has 0 bridgehead atoms. The van der Waals surface area contributed by atoms with E-state index in [1.54, 1.807) is 6.20 Å². The van der Waals surface area contributed by atoms with Gasteiger partial charge in [-0.1, -0.05) is 5.92 Å². The molecule has 1 aliphatic rings. The highest BCUT2D eigenvalue weighted by molar-refractivity contribution is 6.62. The van der Waals surface area contributed by atoms with Gasteiger partial charge < -0.3 is 19.2 Å². The fourth-order valence-corrected chi connectivity index (χ4v) is 3.19. The molecule has 0 radical (unpaired) electrons. The van der Waals surface area contributed by atoms with Crippen LogP contribution >= 0.6 is 0 Å². The maximum absolute atomic E-state index is 6.13. The lowest BCUT2D eigenvalue weighted by Gasteiger charge is -2.32. The van der Waals surface area contributed by atoms with E-state index >= 15 is 0 Å². The van der Waals surface area contributed by atoms with Crippen molar-refractivity contribution in [3.8, 4) is 11.8 Å². The minimum atomic E-state index is -0.420. The van der Waals surface area contributed by atoms with Crippen LogP contribution < -0.4 is 10.4 Å². The molecule has 3 aromatic rings. The van der Waals surface area contributed by atoms with Gasteiger partial charge >= 0.3 is 7.12 Å². The average molecular weight is 387 g/mol. The predicted molar refractivity (Wildman–Crippen MR) is 119 cm³/mol. The van der Waals surface area contributed by atoms with Crippen molar-refractivity contribution >= 4 is 29.3 Å². The quantitative estimate of drug-likeness (QED) is 0.542. The number of nitrogens with one attached hydrogen (secondary N) is 1. The van der Waals surface area contributed by atoms with Crippen molar-refractivity contribution in [2.24, 2.45) is 0 Å². The molecule has 3 heterocycles. The first kappa shape index (κ1) is 19.6. The van der Waals surface area contributed by atoms with Crippen molar-refractivity contribution < 1.29 is 9.31 Å². The number of benzene rings is 1. The minimum absolute atomic E-state index is 0.371. The smallest absolute Gasteiger partial charge is 0.399 e. The molecule has 1 fully saturated rings. The Morgan fingerprint density at radius 1 is 0.966 bits per heavy atom. The molecule has 1 aromatic carbocycles. The van der Waals surface area contributed by atoms with Gasteiger partial charge in [-0.3, -0.25) is 0 Å². The third-order valence-electron chi connectivity index (χ3n) is 5.74. The summed E-state index contributed by atoms with van der Waals surface area (Å²) < 4.78 is 12.3. The molecule has 6 heteroatoms. The van der Waals surface area contributed by atoms with Crippen molar-refractivity contribution in [2.45, 2.75) is 38.9 Å². The van der Waals surface area contributed by atoms with E-state index in [0.29, 0.717) is 0 Å². The van der Waals surface area contributed by atoms with E-state index in [1.165, 1.54) is 0 Å². The van der Waals surface area contributed by atoms with E-state index in [9.17, 15) is 0 Å². The van der Waals surface area contributed by atoms with Gasteiger partial charge in [0.1, 0.15) is 5.65 Å². The lowest BCUT2D eigenvalue weighted by Crippen LogP contribution is -2.41. The molecular formula is C23H26BN3O2. The molecule has 0 spiro atoms. The fraction of sp³-hybridized carbons (Fsp3) is 0.348. The number of hydrogen-bond acceptors (Lipinski definition) is 4. The average Bonchev–Trinajstić information content (AvgIpc) is 3.16. The zero-order valence-corrected chi connectivity index (χ0v) is 17.8. The lowest BCUT2D eigenvalue weighted by atomic mass is 9.80. The lowest BCUT2D eigenvalue weighted by molar-refractivity contribution is 0.00578. The summed E-state index contributed by atoms with van der Waals surface area (Å²) in [6.07, 6.45) is 1.80. The highest BCUT2D eigenvalue weighted by atomic mass is 16.7. The standard InChI is InChI=1S/C23H26BN3O2/c1-22(2)23(3,4)29-24(28-22)18-13-17-14-19(26-21(17)25-15-18)10-7-16-8-11-20(12-9-16)27(5)6/h8-9,11-15H,1-6H3,(H,25,26). The first-order valence-electron chi connectivity index (χ1n) is 9.78. The second-order valence-corrected chi connectivity index (χ2v) is 8.67. The van der Waals surface area contributed by atoms with Crippen molar-refractivity contribution in [2.75, 3.05) is 19.0 Å². The Kier molecular flexibility index (Phi) is 4.69. The predicted octanol–water partition coefficient (Wildman–Crippen LogP) is 3.33. The summed E-state index contributed by atoms with van der Waals surface area (Å²) in [6, 6.07) is 12.2. The van der Waals surface area contributed by atoms with Crippen LogP contribution in [-0.4, -0.2) is 42.4 Å². The molecule has 0 amide bonds. The summed E-state index contributed by atoms with van der Waals surface area (Å²) >= 11 is 0. The Morgan fingerprint density at radius 3 is 2.24 bits per heavy atom. The van der Waals surface area contributed by atoms with Crippen molar-refractivity contribution in [1.29, 1.82) is 0 Å². The molecule has 1 aliphatic heterocycles. The minimum Gasteiger partial charge on any atom is -0.399 e. The normalized spacial score (nSPS) is 17.2. The van der Waals surface area contributed by atoms with E-state index in [2.05, 4.69) is 44.9 Å². The number of aromatic nitrogens is 2. The molecule has 5 nitrogen and oxygen atoms in total. The van der Waals surface area contributed by atoms with Crippen LogP contribution in [0.15, 0.2) is 42.6 Å². The summed E-state index contributed by atoms with van der Waals surface area (Å²) in [5.41, 5.74) is 3.93. The van der Waals surface area contributed by atoms with E-state index in [1.807, 2.05) is 60.0 Å². The van der Waals surface area contributed by atoms with Gasteiger partial charge in [-0.25, -0.2) is 4.98 Å². The van der Waals surface area contributed by atoms with Gasteiger partial charge in [-0.15, -0.1) is 0 Å². The Bertz CT molecular complexity index is 1090. The Labute approximate surface area is 172 Å². The monoisotopic (exact) mass is 387 g/mol. The van der Waals surface area contributed by atoms with E-state index in [0.717, 1.165) is 33.4 Å². The van der Waals surface area contributed by atoms with Crippen LogP contribution in [0.2, 0.25) is 0 Å². The van der Waals surface area contributed by atoms with Crippen molar-refractivity contribution in [3.63, 3.8) is 0 Å². The molecule has 0 atom stereocenters. The van der Waals surface area contributed by atoms with Gasteiger partial charge in [-0.2, -0.15) is 0 Å². The summed E-state index contributed by atoms with van der Waals surface area (Å²) in [4.78, 5) is 9.88. The zero-order chi connectivity index (χ0) is 20.8. The molecular weight excluding hydrogens is 361 g/mol. The molecule has 29 heavy (non-hydrogen) atoms. The van der Waals surface area contributed by atoms with Gasteiger partial charge in [-0.05, 0) is 70.0 Å². The Hall–Kier alpha value is -2.75. The first-order valence-corrected chi connectivity index (χ1v) is 9.78. The fourth-order valence-electron chi connectivity index (χ4n) is 3.19. The van der Waals surface area contributed by atoms with Crippen LogP contribution in [0, 0.1) is 11.8 Å². The van der Waals surface area contributed by atoms with Gasteiger partial charge in [0.2, 0.25) is 0 Å². The highest BCUT2D eigenvalue weighted by Gasteiger charge is 2.51. The van der Waals surface area contributed by atoms with Gasteiger partial charge in [0.15, 0.2) is 0 Å². The molecule has 148 valence electrons. The molecule has 4 rings (SSSR count). The topological polar surface area (TPSA) is 50.4 Å². The summed E-state index contributed by atoms with van der Waals surface area (Å²) in [5, 5.41) is 0.990. The van der Waals surface area contributed by atoms with Crippen molar-refractivity contribution in [3.05, 3.63) is 53.9 Å². The number of anilines is 1. The summed E-state index contributed by atoms with van der Waals surface area (Å²) in [6.45, 7) is 8.20. The third kappa shape index (κ3) is 3.76. The maximum atomic E-state index is 6.13. The first-order chi connectivity index (χ1) is 13.6. The molecule has 0 unspecified atom stereocenters. The molecule has 1 saturated heterocycles. The maximum Gasteiger partial charge on any atom is 0.496 e. The number of H-pyrrole nitrogens is 1. The molecule has 2 aromatic heterocycles. The van der Waals surface area contributed by atoms with E-state index in [-0.39, 0.29) is 11.2 Å². The van der Waals surface area contributed by atoms with Gasteiger partial charge in [0, 0.05) is 42.4 Å². The van der Waals surface area contributed by atoms with Crippen LogP contribution in [0.25, 0.3) is 11.0 Å². The van der Waals surface area contributed by atoms with E-state index < -0.39 is 7.12 Å². The second-order valence-electron chi connectivity index (χ2n) is 8.67. The largest absolute Gasteiger partial charge is 0.496 e. The Balaban J connectivity index is 1.57. The van der Waals surface area contributed by atoms with E-state index in [4.69, 9.17) is 9.31 Å². The van der Waals surface area contributed by atoms with Crippen LogP contribution in [0.4, 0.5) is 5.69 Å². The van der Waals surface area contributed by atoms with Crippen LogP contribution in [0.3, 0.4) is 0 Å². The molecule has 0 saturated carbocycles. The second kappa shape index (κ2) is 6.94. The summed E-state index contributed by atoms with van der Waals surface area (Å²) in [7, 11) is 3.63. The summed E-state index contributed by atoms with van der Waals surface area (Å²) in [5.74, 6) is 6.39. The third-order valence-corrected chi connectivity index (χ3v) is 5.74. The number of pyridine rings is 1. The van der Waals surface area contributed by atoms with Crippen molar-refractivity contribution in [1.82, 2.24) is 9.97 Å². The number of hydrogen-bond donors (Lipinski definition) is 1.